The predicted molar refractivity (Wildman–Crippen MR) is 105 cm³/mol. The molecule has 0 aliphatic carbocycles. The summed E-state index contributed by atoms with van der Waals surface area (Å²) in [7, 11) is 0. The molecule has 0 radical (unpaired) electrons. The lowest BCUT2D eigenvalue weighted by atomic mass is 10.1. The minimum absolute atomic E-state index is 0.343. The Morgan fingerprint density at radius 3 is 2.62 bits per heavy atom. The van der Waals surface area contributed by atoms with Crippen molar-refractivity contribution in [2.75, 3.05) is 44.2 Å². The third-order valence-corrected chi connectivity index (χ3v) is 6.07. The number of anilines is 2. The quantitative estimate of drug-likeness (QED) is 0.844. The van der Waals surface area contributed by atoms with Gasteiger partial charge in [-0.05, 0) is 43.3 Å². The van der Waals surface area contributed by atoms with Gasteiger partial charge in [-0.2, -0.15) is 0 Å². The second-order valence-electron chi connectivity index (χ2n) is 6.65. The zero-order valence-corrected chi connectivity index (χ0v) is 15.5. The van der Waals surface area contributed by atoms with Crippen molar-refractivity contribution in [3.8, 4) is 0 Å². The Bertz CT molecular complexity index is 805. The van der Waals surface area contributed by atoms with Crippen LogP contribution in [0.3, 0.4) is 0 Å². The van der Waals surface area contributed by atoms with E-state index in [1.54, 1.807) is 17.8 Å². The lowest BCUT2D eigenvalue weighted by molar-refractivity contribution is 0.0697. The summed E-state index contributed by atoms with van der Waals surface area (Å²) < 4.78 is 0. The lowest BCUT2D eigenvalue weighted by Gasteiger charge is -2.34. The van der Waals surface area contributed by atoms with Crippen LogP contribution < -0.4 is 10.2 Å². The van der Waals surface area contributed by atoms with E-state index in [0.29, 0.717) is 5.56 Å². The van der Waals surface area contributed by atoms with Crippen LogP contribution in [0.15, 0.2) is 52.3 Å². The number of benzene rings is 2. The van der Waals surface area contributed by atoms with Crippen molar-refractivity contribution in [2.24, 2.45) is 0 Å². The molecule has 6 heteroatoms. The third-order valence-electron chi connectivity index (χ3n) is 4.94. The topological polar surface area (TPSA) is 55.8 Å². The fraction of sp³-hybridized carbons (Fsp3) is 0.350. The number of aromatic carboxylic acids is 1. The monoisotopic (exact) mass is 369 g/mol. The van der Waals surface area contributed by atoms with Gasteiger partial charge in [-0.15, -0.1) is 0 Å². The number of rotatable bonds is 5. The van der Waals surface area contributed by atoms with E-state index < -0.39 is 5.97 Å². The van der Waals surface area contributed by atoms with Crippen LogP contribution in [0.4, 0.5) is 11.4 Å². The summed E-state index contributed by atoms with van der Waals surface area (Å²) in [6.45, 7) is 6.29. The molecule has 1 fully saturated rings. The van der Waals surface area contributed by atoms with Crippen molar-refractivity contribution in [1.82, 2.24) is 10.2 Å². The van der Waals surface area contributed by atoms with Gasteiger partial charge in [-0.1, -0.05) is 23.9 Å². The summed E-state index contributed by atoms with van der Waals surface area (Å²) in [5, 5.41) is 12.8. The summed E-state index contributed by atoms with van der Waals surface area (Å²) in [6.07, 6.45) is 1.05. The van der Waals surface area contributed by atoms with E-state index in [1.807, 2.05) is 12.1 Å². The van der Waals surface area contributed by atoms with Gasteiger partial charge in [0.2, 0.25) is 0 Å². The van der Waals surface area contributed by atoms with E-state index in [1.165, 1.54) is 10.6 Å². The highest BCUT2D eigenvalue weighted by molar-refractivity contribution is 7.99. The number of carbonyl (C=O) groups is 1. The number of nitrogens with zero attached hydrogens (tertiary/aromatic N) is 2. The van der Waals surface area contributed by atoms with Gasteiger partial charge in [0.1, 0.15) is 0 Å². The van der Waals surface area contributed by atoms with E-state index in [0.717, 1.165) is 56.3 Å². The van der Waals surface area contributed by atoms with Gasteiger partial charge in [-0.3, -0.25) is 0 Å². The lowest BCUT2D eigenvalue weighted by Crippen LogP contribution is -2.44. The molecule has 26 heavy (non-hydrogen) atoms. The molecule has 0 amide bonds. The molecule has 0 atom stereocenters. The molecule has 0 bridgehead atoms. The van der Waals surface area contributed by atoms with Crippen LogP contribution in [0.2, 0.25) is 0 Å². The summed E-state index contributed by atoms with van der Waals surface area (Å²) in [4.78, 5) is 18.6. The third kappa shape index (κ3) is 3.58. The zero-order valence-electron chi connectivity index (χ0n) is 14.6. The standard InChI is InChI=1S/C20H23N3O2S/c24-20(25)15-6-7-19-17(14-15)23(16-4-1-2-5-18(16)26-19)11-3-10-22-12-8-21-9-13-22/h1-2,4-7,14,21H,3,8-13H2,(H,24,25). The maximum Gasteiger partial charge on any atom is 0.335 e. The Balaban J connectivity index is 1.57. The summed E-state index contributed by atoms with van der Waals surface area (Å²) in [6, 6.07) is 13.8. The zero-order chi connectivity index (χ0) is 17.9. The van der Waals surface area contributed by atoms with E-state index in [2.05, 4.69) is 39.4 Å². The van der Waals surface area contributed by atoms with E-state index in [9.17, 15) is 9.90 Å². The second kappa shape index (κ2) is 7.70. The Morgan fingerprint density at radius 2 is 1.81 bits per heavy atom. The molecule has 136 valence electrons. The van der Waals surface area contributed by atoms with Gasteiger partial charge < -0.3 is 20.2 Å². The van der Waals surface area contributed by atoms with Crippen LogP contribution in [-0.4, -0.2) is 55.2 Å². The number of nitrogens with one attached hydrogen (secondary N) is 1. The number of piperazine rings is 1. The average molecular weight is 369 g/mol. The van der Waals surface area contributed by atoms with Gasteiger partial charge in [0, 0.05) is 42.5 Å². The van der Waals surface area contributed by atoms with Crippen LogP contribution in [0.25, 0.3) is 0 Å². The fourth-order valence-electron chi connectivity index (χ4n) is 3.59. The highest BCUT2D eigenvalue weighted by atomic mass is 32.2. The van der Waals surface area contributed by atoms with E-state index in [4.69, 9.17) is 0 Å². The molecule has 0 saturated carbocycles. The Hall–Kier alpha value is -2.02. The molecule has 2 aliphatic heterocycles. The first kappa shape index (κ1) is 17.4. The normalized spacial score (nSPS) is 16.8. The number of para-hydroxylation sites is 1. The van der Waals surface area contributed by atoms with Crippen molar-refractivity contribution >= 4 is 29.1 Å². The maximum atomic E-state index is 11.4. The number of carboxylic acids is 1. The van der Waals surface area contributed by atoms with Gasteiger partial charge in [0.25, 0.3) is 0 Å². The molecule has 4 rings (SSSR count). The van der Waals surface area contributed by atoms with Crippen molar-refractivity contribution in [3.63, 3.8) is 0 Å². The molecular weight excluding hydrogens is 346 g/mol. The van der Waals surface area contributed by atoms with Crippen molar-refractivity contribution < 1.29 is 9.90 Å². The fourth-order valence-corrected chi connectivity index (χ4v) is 4.67. The summed E-state index contributed by atoms with van der Waals surface area (Å²) >= 11 is 1.71. The van der Waals surface area contributed by atoms with Crippen LogP contribution in [0.5, 0.6) is 0 Å². The maximum absolute atomic E-state index is 11.4. The number of hydrogen-bond donors (Lipinski definition) is 2. The van der Waals surface area contributed by atoms with Crippen molar-refractivity contribution in [3.05, 3.63) is 48.0 Å². The number of fused-ring (bicyclic) bond motifs is 2. The highest BCUT2D eigenvalue weighted by Crippen LogP contribution is 2.48. The van der Waals surface area contributed by atoms with E-state index in [-0.39, 0.29) is 0 Å². The molecule has 0 spiro atoms. The van der Waals surface area contributed by atoms with E-state index >= 15 is 0 Å². The Kier molecular flexibility index (Phi) is 5.15. The summed E-state index contributed by atoms with van der Waals surface area (Å²) in [5.74, 6) is -0.877. The van der Waals surface area contributed by atoms with Crippen LogP contribution in [-0.2, 0) is 0 Å². The Morgan fingerprint density at radius 1 is 1.04 bits per heavy atom. The van der Waals surface area contributed by atoms with Crippen molar-refractivity contribution in [1.29, 1.82) is 0 Å². The first-order valence-corrected chi connectivity index (χ1v) is 9.89. The first-order valence-electron chi connectivity index (χ1n) is 9.07. The number of carboxylic acid groups (broad SMARTS) is 1. The van der Waals surface area contributed by atoms with Crippen LogP contribution in [0.1, 0.15) is 16.8 Å². The van der Waals surface area contributed by atoms with Crippen molar-refractivity contribution in [2.45, 2.75) is 16.2 Å². The molecule has 1 saturated heterocycles. The average Bonchev–Trinajstić information content (AvgIpc) is 2.68. The molecule has 0 aromatic heterocycles. The number of hydrogen-bond acceptors (Lipinski definition) is 5. The molecule has 2 aromatic carbocycles. The molecule has 5 nitrogen and oxygen atoms in total. The molecule has 2 N–H and O–H groups in total. The van der Waals surface area contributed by atoms with Gasteiger partial charge in [-0.25, -0.2) is 4.79 Å². The minimum atomic E-state index is -0.877. The minimum Gasteiger partial charge on any atom is -0.478 e. The first-order chi connectivity index (χ1) is 12.7. The van der Waals surface area contributed by atoms with Gasteiger partial charge in [0.05, 0.1) is 16.9 Å². The van der Waals surface area contributed by atoms with Gasteiger partial charge >= 0.3 is 5.97 Å². The smallest absolute Gasteiger partial charge is 0.335 e. The molecule has 2 aliphatic rings. The largest absolute Gasteiger partial charge is 0.478 e. The van der Waals surface area contributed by atoms with Crippen LogP contribution in [0, 0.1) is 0 Å². The molecule has 0 unspecified atom stereocenters. The Labute approximate surface area is 158 Å². The predicted octanol–water partition coefficient (Wildman–Crippen LogP) is 3.28. The molecule has 2 heterocycles. The molecular formula is C20H23N3O2S. The highest BCUT2D eigenvalue weighted by Gasteiger charge is 2.24. The second-order valence-corrected chi connectivity index (χ2v) is 7.74. The van der Waals surface area contributed by atoms with Crippen LogP contribution >= 0.6 is 11.8 Å². The van der Waals surface area contributed by atoms with Gasteiger partial charge in [0.15, 0.2) is 0 Å². The SMILES string of the molecule is O=C(O)c1ccc2c(c1)N(CCCN1CCNCC1)c1ccccc1S2. The molecule has 2 aromatic rings. The summed E-state index contributed by atoms with van der Waals surface area (Å²) in [5.41, 5.74) is 2.53.